The second-order valence-electron chi connectivity index (χ2n) is 3.85. The van der Waals surface area contributed by atoms with E-state index in [1.165, 1.54) is 29.1 Å². The van der Waals surface area contributed by atoms with Crippen molar-refractivity contribution < 1.29 is 4.79 Å². The molecule has 0 fully saturated rings. The summed E-state index contributed by atoms with van der Waals surface area (Å²) in [7, 11) is 0. The summed E-state index contributed by atoms with van der Waals surface area (Å²) < 4.78 is 1.93. The zero-order chi connectivity index (χ0) is 13.8. The lowest BCUT2D eigenvalue weighted by molar-refractivity contribution is -0.116. The molecule has 0 unspecified atom stereocenters. The summed E-state index contributed by atoms with van der Waals surface area (Å²) in [5.74, 6) is -0.322. The van der Waals surface area contributed by atoms with Gasteiger partial charge in [-0.15, -0.1) is 0 Å². The van der Waals surface area contributed by atoms with Crippen LogP contribution in [0.15, 0.2) is 46.1 Å². The molecule has 19 heavy (non-hydrogen) atoms. The van der Waals surface area contributed by atoms with Crippen molar-refractivity contribution in [2.75, 3.05) is 11.1 Å². The highest BCUT2D eigenvalue weighted by Crippen LogP contribution is 2.10. The van der Waals surface area contributed by atoms with E-state index in [1.54, 1.807) is 12.1 Å². The van der Waals surface area contributed by atoms with Crippen molar-refractivity contribution in [1.82, 2.24) is 9.55 Å². The lowest BCUT2D eigenvalue weighted by Gasteiger charge is -2.07. The van der Waals surface area contributed by atoms with Gasteiger partial charge in [0.2, 0.25) is 5.91 Å². The minimum atomic E-state index is -0.322. The average molecular weight is 323 g/mol. The predicted octanol–water partition coefficient (Wildman–Crippen LogP) is 1.23. The molecule has 0 aromatic carbocycles. The Hall–Kier alpha value is -2.15. The summed E-state index contributed by atoms with van der Waals surface area (Å²) >= 11 is 3.20. The predicted molar refractivity (Wildman–Crippen MR) is 75.7 cm³/mol. The van der Waals surface area contributed by atoms with Crippen LogP contribution >= 0.6 is 15.9 Å². The SMILES string of the molecule is Nc1ccc(=O)n(CC(=O)Nc2ccc(Br)nc2)c1. The summed E-state index contributed by atoms with van der Waals surface area (Å²) in [5, 5.41) is 2.64. The first-order valence-electron chi connectivity index (χ1n) is 5.42. The van der Waals surface area contributed by atoms with E-state index < -0.39 is 0 Å². The van der Waals surface area contributed by atoms with Crippen molar-refractivity contribution >= 4 is 33.2 Å². The average Bonchev–Trinajstić information content (AvgIpc) is 2.37. The third kappa shape index (κ3) is 3.65. The van der Waals surface area contributed by atoms with Gasteiger partial charge in [-0.05, 0) is 34.1 Å². The molecular weight excluding hydrogens is 312 g/mol. The third-order valence-electron chi connectivity index (χ3n) is 2.33. The summed E-state index contributed by atoms with van der Waals surface area (Å²) in [5.41, 5.74) is 6.28. The Morgan fingerprint density at radius 3 is 2.84 bits per heavy atom. The van der Waals surface area contributed by atoms with E-state index in [0.29, 0.717) is 16.0 Å². The Bertz CT molecular complexity index is 652. The van der Waals surface area contributed by atoms with Crippen LogP contribution in [-0.4, -0.2) is 15.5 Å². The van der Waals surface area contributed by atoms with Crippen molar-refractivity contribution in [3.8, 4) is 0 Å². The zero-order valence-electron chi connectivity index (χ0n) is 9.84. The Morgan fingerprint density at radius 2 is 2.16 bits per heavy atom. The molecule has 0 atom stereocenters. The molecule has 2 aromatic heterocycles. The van der Waals surface area contributed by atoms with Gasteiger partial charge >= 0.3 is 0 Å². The van der Waals surface area contributed by atoms with Crippen molar-refractivity contribution in [2.24, 2.45) is 0 Å². The first-order valence-corrected chi connectivity index (χ1v) is 6.21. The monoisotopic (exact) mass is 322 g/mol. The number of nitrogens with zero attached hydrogens (tertiary/aromatic N) is 2. The molecule has 0 aliphatic heterocycles. The fraction of sp³-hybridized carbons (Fsp3) is 0.0833. The van der Waals surface area contributed by atoms with Gasteiger partial charge in [0, 0.05) is 18.0 Å². The molecule has 6 nitrogen and oxygen atoms in total. The van der Waals surface area contributed by atoms with Crippen LogP contribution in [0.25, 0.3) is 0 Å². The van der Waals surface area contributed by atoms with Crippen LogP contribution in [0.1, 0.15) is 0 Å². The van der Waals surface area contributed by atoms with Gasteiger partial charge in [-0.1, -0.05) is 0 Å². The number of nitrogens with one attached hydrogen (secondary N) is 1. The van der Waals surface area contributed by atoms with Crippen molar-refractivity contribution in [3.05, 3.63) is 51.6 Å². The van der Waals surface area contributed by atoms with Gasteiger partial charge in [0.05, 0.1) is 11.9 Å². The Labute approximate surface area is 117 Å². The molecule has 2 heterocycles. The van der Waals surface area contributed by atoms with Crippen LogP contribution in [-0.2, 0) is 11.3 Å². The molecule has 0 radical (unpaired) electrons. The van der Waals surface area contributed by atoms with E-state index in [1.807, 2.05) is 0 Å². The first kappa shape index (κ1) is 13.3. The molecule has 0 saturated heterocycles. The maximum Gasteiger partial charge on any atom is 0.251 e. The first-order chi connectivity index (χ1) is 9.04. The number of pyridine rings is 2. The van der Waals surface area contributed by atoms with Crippen molar-refractivity contribution in [1.29, 1.82) is 0 Å². The number of halogens is 1. The van der Waals surface area contributed by atoms with Crippen LogP contribution in [0.4, 0.5) is 11.4 Å². The van der Waals surface area contributed by atoms with Gasteiger partial charge in [-0.25, -0.2) is 4.98 Å². The molecule has 7 heteroatoms. The highest BCUT2D eigenvalue weighted by Gasteiger charge is 2.05. The number of carbonyl (C=O) groups excluding carboxylic acids is 1. The van der Waals surface area contributed by atoms with Crippen LogP contribution in [0, 0.1) is 0 Å². The van der Waals surface area contributed by atoms with Gasteiger partial charge in [-0.2, -0.15) is 0 Å². The molecule has 2 aromatic rings. The number of amides is 1. The summed E-state index contributed by atoms with van der Waals surface area (Å²) in [6.45, 7) is -0.0973. The number of hydrogen-bond donors (Lipinski definition) is 2. The molecule has 98 valence electrons. The quantitative estimate of drug-likeness (QED) is 0.831. The minimum Gasteiger partial charge on any atom is -0.398 e. The van der Waals surface area contributed by atoms with Gasteiger partial charge in [0.1, 0.15) is 11.1 Å². The van der Waals surface area contributed by atoms with Crippen molar-refractivity contribution in [3.63, 3.8) is 0 Å². The summed E-state index contributed by atoms with van der Waals surface area (Å²) in [6.07, 6.45) is 2.95. The highest BCUT2D eigenvalue weighted by atomic mass is 79.9. The molecule has 0 saturated carbocycles. The maximum absolute atomic E-state index is 11.8. The molecule has 0 aliphatic rings. The second-order valence-corrected chi connectivity index (χ2v) is 4.66. The zero-order valence-corrected chi connectivity index (χ0v) is 11.4. The molecule has 0 spiro atoms. The molecule has 2 rings (SSSR count). The normalized spacial score (nSPS) is 10.2. The molecule has 0 aliphatic carbocycles. The van der Waals surface area contributed by atoms with Gasteiger partial charge in [0.15, 0.2) is 0 Å². The molecule has 0 bridgehead atoms. The fourth-order valence-corrected chi connectivity index (χ4v) is 1.71. The number of hydrogen-bond acceptors (Lipinski definition) is 4. The second kappa shape index (κ2) is 5.66. The van der Waals surface area contributed by atoms with E-state index >= 15 is 0 Å². The number of aromatic nitrogens is 2. The minimum absolute atomic E-state index is 0.0973. The van der Waals surface area contributed by atoms with E-state index in [9.17, 15) is 9.59 Å². The van der Waals surface area contributed by atoms with Gasteiger partial charge in [-0.3, -0.25) is 9.59 Å². The molecule has 3 N–H and O–H groups in total. The number of rotatable bonds is 3. The number of nitrogens with two attached hydrogens (primary N) is 1. The smallest absolute Gasteiger partial charge is 0.251 e. The van der Waals surface area contributed by atoms with E-state index in [2.05, 4.69) is 26.2 Å². The summed E-state index contributed by atoms with van der Waals surface area (Å²) in [4.78, 5) is 27.3. The number of anilines is 2. The largest absolute Gasteiger partial charge is 0.398 e. The van der Waals surface area contributed by atoms with Crippen LogP contribution < -0.4 is 16.6 Å². The fourth-order valence-electron chi connectivity index (χ4n) is 1.48. The lowest BCUT2D eigenvalue weighted by atomic mass is 10.4. The van der Waals surface area contributed by atoms with Gasteiger partial charge in [0.25, 0.3) is 5.56 Å². The molecular formula is C12H11BrN4O2. The number of nitrogen functional groups attached to an aromatic ring is 1. The Balaban J connectivity index is 2.07. The van der Waals surface area contributed by atoms with Crippen LogP contribution in [0.3, 0.4) is 0 Å². The Morgan fingerprint density at radius 1 is 1.37 bits per heavy atom. The maximum atomic E-state index is 11.8. The Kier molecular flexibility index (Phi) is 3.96. The van der Waals surface area contributed by atoms with E-state index in [4.69, 9.17) is 5.73 Å². The van der Waals surface area contributed by atoms with E-state index in [-0.39, 0.29) is 18.0 Å². The molecule has 1 amide bonds. The number of carbonyl (C=O) groups is 1. The third-order valence-corrected chi connectivity index (χ3v) is 2.80. The lowest BCUT2D eigenvalue weighted by Crippen LogP contribution is -2.27. The van der Waals surface area contributed by atoms with Crippen LogP contribution in [0.2, 0.25) is 0 Å². The van der Waals surface area contributed by atoms with Crippen molar-refractivity contribution in [2.45, 2.75) is 6.54 Å². The topological polar surface area (TPSA) is 90.0 Å². The van der Waals surface area contributed by atoms with Gasteiger partial charge < -0.3 is 15.6 Å². The highest BCUT2D eigenvalue weighted by molar-refractivity contribution is 9.10. The van der Waals surface area contributed by atoms with Crippen LogP contribution in [0.5, 0.6) is 0 Å². The standard InChI is InChI=1S/C12H11BrN4O2/c13-10-3-2-9(5-15-10)16-11(18)7-17-6-8(14)1-4-12(17)19/h1-6H,7,14H2,(H,16,18). The van der Waals surface area contributed by atoms with E-state index in [0.717, 1.165) is 0 Å². The summed E-state index contributed by atoms with van der Waals surface area (Å²) in [6, 6.07) is 6.23.